The molecule has 2 fully saturated rings. The van der Waals surface area contributed by atoms with Crippen molar-refractivity contribution >= 4 is 60.9 Å². The van der Waals surface area contributed by atoms with E-state index in [0.717, 1.165) is 11.8 Å². The van der Waals surface area contributed by atoms with E-state index in [1.54, 1.807) is 30.3 Å². The first-order valence-corrected chi connectivity index (χ1v) is 13.4. The van der Waals surface area contributed by atoms with Gasteiger partial charge >= 0.3 is 0 Å². The van der Waals surface area contributed by atoms with Gasteiger partial charge in [-0.3, -0.25) is 18.8 Å². The van der Waals surface area contributed by atoms with Crippen LogP contribution in [0.15, 0.2) is 50.6 Å². The molecule has 1 atom stereocenters. The summed E-state index contributed by atoms with van der Waals surface area (Å²) in [4.78, 5) is 14.7. The number of benzene rings is 1. The molecule has 1 aromatic heterocycles. The molecule has 0 spiro atoms. The molecule has 1 unspecified atom stereocenters. The standard InChI is InChI=1S/C18H18N2O6S4/c19-30(24,25)14-4-1-11(2-5-14)15-6-3-13(26-15)9-16-17(21)20(18(27)28-16)12-7-8-29(22,23)10-12/h1-6,9,12,22-23H,7-8,10H2,(H2,19,24,25)/b16-9+. The largest absolute Gasteiger partial charge is 0.457 e. The highest BCUT2D eigenvalue weighted by Crippen LogP contribution is 2.49. The smallest absolute Gasteiger partial charge is 0.266 e. The van der Waals surface area contributed by atoms with Gasteiger partial charge in [-0.2, -0.15) is 10.6 Å². The molecule has 1 aromatic carbocycles. The average Bonchev–Trinajstić information content (AvgIpc) is 3.33. The van der Waals surface area contributed by atoms with Crippen molar-refractivity contribution in [3.63, 3.8) is 0 Å². The van der Waals surface area contributed by atoms with Gasteiger partial charge in [0.15, 0.2) is 0 Å². The minimum atomic E-state index is -3.77. The van der Waals surface area contributed by atoms with Gasteiger partial charge in [0.1, 0.15) is 15.8 Å². The molecule has 0 radical (unpaired) electrons. The van der Waals surface area contributed by atoms with E-state index in [0.29, 0.717) is 32.7 Å². The first kappa shape index (κ1) is 21.6. The Morgan fingerprint density at radius 3 is 2.53 bits per heavy atom. The lowest BCUT2D eigenvalue weighted by atomic mass is 10.2. The van der Waals surface area contributed by atoms with Gasteiger partial charge in [-0.25, -0.2) is 13.6 Å². The topological polar surface area (TPSA) is 134 Å². The van der Waals surface area contributed by atoms with Gasteiger partial charge in [0.25, 0.3) is 5.91 Å². The third-order valence-electron chi connectivity index (χ3n) is 4.79. The average molecular weight is 487 g/mol. The number of thiocarbonyl (C=S) groups is 1. The summed E-state index contributed by atoms with van der Waals surface area (Å²) < 4.78 is 48.6. The Hall–Kier alpha value is -1.67. The first-order chi connectivity index (χ1) is 14.0. The zero-order valence-corrected chi connectivity index (χ0v) is 18.7. The van der Waals surface area contributed by atoms with Gasteiger partial charge in [0, 0.05) is 17.4 Å². The van der Waals surface area contributed by atoms with Crippen LogP contribution in [-0.2, 0) is 14.8 Å². The lowest BCUT2D eigenvalue weighted by molar-refractivity contribution is -0.123. The van der Waals surface area contributed by atoms with Gasteiger partial charge < -0.3 is 4.42 Å². The fourth-order valence-electron chi connectivity index (χ4n) is 3.32. The Morgan fingerprint density at radius 1 is 1.23 bits per heavy atom. The van der Waals surface area contributed by atoms with Crippen LogP contribution in [0, 0.1) is 0 Å². The molecule has 2 saturated heterocycles. The highest BCUT2D eigenvalue weighted by molar-refractivity contribution is 8.27. The van der Waals surface area contributed by atoms with E-state index in [-0.39, 0.29) is 28.4 Å². The number of carbonyl (C=O) groups excluding carboxylic acids is 1. The fraction of sp³-hybridized carbons (Fsp3) is 0.222. The molecule has 12 heteroatoms. The summed E-state index contributed by atoms with van der Waals surface area (Å²) >= 11 is 6.48. The number of carbonyl (C=O) groups is 1. The van der Waals surface area contributed by atoms with Gasteiger partial charge in [0.2, 0.25) is 10.0 Å². The first-order valence-electron chi connectivity index (χ1n) is 8.77. The van der Waals surface area contributed by atoms with Gasteiger partial charge in [-0.1, -0.05) is 24.0 Å². The highest BCUT2D eigenvalue weighted by atomic mass is 32.3. The predicted molar refractivity (Wildman–Crippen MR) is 122 cm³/mol. The number of amides is 1. The van der Waals surface area contributed by atoms with Crippen molar-refractivity contribution in [2.24, 2.45) is 5.14 Å². The van der Waals surface area contributed by atoms with E-state index in [4.69, 9.17) is 21.8 Å². The fourth-order valence-corrected chi connectivity index (χ4v) is 6.97. The Balaban J connectivity index is 1.53. The monoisotopic (exact) mass is 486 g/mol. The summed E-state index contributed by atoms with van der Waals surface area (Å²) in [6.07, 6.45) is 2.09. The molecule has 160 valence electrons. The highest BCUT2D eigenvalue weighted by Gasteiger charge is 2.42. The minimum absolute atomic E-state index is 0.00484. The molecule has 2 aliphatic rings. The molecule has 1 amide bonds. The maximum Gasteiger partial charge on any atom is 0.266 e. The van der Waals surface area contributed by atoms with Crippen molar-refractivity contribution in [2.75, 3.05) is 11.5 Å². The van der Waals surface area contributed by atoms with Crippen molar-refractivity contribution in [2.45, 2.75) is 17.4 Å². The summed E-state index contributed by atoms with van der Waals surface area (Å²) in [5, 5.41) is 5.10. The lowest BCUT2D eigenvalue weighted by Gasteiger charge is -2.28. The SMILES string of the molecule is NS(=O)(=O)c1ccc(-c2ccc(/C=C3/SC(=S)N(C4CCS(O)(O)C4)C3=O)o2)cc1. The van der Waals surface area contributed by atoms with Gasteiger partial charge in [0.05, 0.1) is 21.6 Å². The van der Waals surface area contributed by atoms with Gasteiger partial charge in [-0.05, 0) is 42.8 Å². The maximum absolute atomic E-state index is 12.8. The van der Waals surface area contributed by atoms with Crippen molar-refractivity contribution in [1.82, 2.24) is 4.90 Å². The molecule has 0 saturated carbocycles. The third kappa shape index (κ3) is 4.35. The summed E-state index contributed by atoms with van der Waals surface area (Å²) in [6, 6.07) is 9.05. The lowest BCUT2D eigenvalue weighted by Crippen LogP contribution is -2.39. The molecular formula is C18H18N2O6S4. The van der Waals surface area contributed by atoms with Crippen molar-refractivity contribution in [3.05, 3.63) is 47.1 Å². The molecule has 0 aliphatic carbocycles. The number of primary sulfonamides is 1. The number of hydrogen-bond acceptors (Lipinski definition) is 8. The number of furan rings is 1. The summed E-state index contributed by atoms with van der Waals surface area (Å²) in [6.45, 7) is 0. The molecule has 2 aliphatic heterocycles. The van der Waals surface area contributed by atoms with E-state index >= 15 is 0 Å². The molecule has 0 bridgehead atoms. The van der Waals surface area contributed by atoms with E-state index in [1.807, 2.05) is 0 Å². The number of hydrogen-bond donors (Lipinski definition) is 3. The van der Waals surface area contributed by atoms with E-state index in [9.17, 15) is 22.3 Å². The number of nitrogens with two attached hydrogens (primary N) is 1. The van der Waals surface area contributed by atoms with E-state index in [2.05, 4.69) is 0 Å². The molecule has 8 nitrogen and oxygen atoms in total. The Bertz CT molecular complexity index is 1150. The van der Waals surface area contributed by atoms with Crippen LogP contribution in [0.4, 0.5) is 0 Å². The second-order valence-electron chi connectivity index (χ2n) is 6.94. The molecule has 4 N–H and O–H groups in total. The van der Waals surface area contributed by atoms with Crippen molar-refractivity contribution in [1.29, 1.82) is 0 Å². The van der Waals surface area contributed by atoms with Crippen molar-refractivity contribution < 1.29 is 26.7 Å². The quantitative estimate of drug-likeness (QED) is 0.443. The number of nitrogens with zero attached hydrogens (tertiary/aromatic N) is 1. The third-order valence-corrected chi connectivity index (χ3v) is 8.86. The van der Waals surface area contributed by atoms with Crippen LogP contribution in [0.1, 0.15) is 12.2 Å². The molecule has 2 aromatic rings. The Labute approximate surface area is 184 Å². The number of rotatable bonds is 4. The summed E-state index contributed by atoms with van der Waals surface area (Å²) in [5.41, 5.74) is 0.658. The number of sulfonamides is 1. The number of thioether (sulfide) groups is 1. The predicted octanol–water partition coefficient (Wildman–Crippen LogP) is 3.32. The van der Waals surface area contributed by atoms with Crippen LogP contribution in [0.5, 0.6) is 0 Å². The van der Waals surface area contributed by atoms with Crippen LogP contribution >= 0.6 is 34.6 Å². The second-order valence-corrected chi connectivity index (χ2v) is 12.5. The van der Waals surface area contributed by atoms with Crippen molar-refractivity contribution in [3.8, 4) is 11.3 Å². The second kappa shape index (κ2) is 7.79. The molecular weight excluding hydrogens is 468 g/mol. The van der Waals surface area contributed by atoms with E-state index in [1.165, 1.54) is 17.0 Å². The van der Waals surface area contributed by atoms with Crippen LogP contribution in [0.3, 0.4) is 0 Å². The Morgan fingerprint density at radius 2 is 1.93 bits per heavy atom. The zero-order valence-electron chi connectivity index (χ0n) is 15.4. The molecule has 4 rings (SSSR count). The van der Waals surface area contributed by atoms with Gasteiger partial charge in [-0.15, -0.1) is 0 Å². The van der Waals surface area contributed by atoms with Crippen LogP contribution < -0.4 is 5.14 Å². The molecule has 3 heterocycles. The summed E-state index contributed by atoms with van der Waals surface area (Å²) in [5.74, 6) is 1.09. The molecule has 30 heavy (non-hydrogen) atoms. The van der Waals surface area contributed by atoms with Crippen LogP contribution in [-0.4, -0.2) is 50.2 Å². The normalized spacial score (nSPS) is 24.0. The Kier molecular flexibility index (Phi) is 5.60. The zero-order chi connectivity index (χ0) is 21.7. The summed E-state index contributed by atoms with van der Waals surface area (Å²) in [7, 11) is -6.41. The maximum atomic E-state index is 12.8. The minimum Gasteiger partial charge on any atom is -0.457 e. The van der Waals surface area contributed by atoms with Crippen LogP contribution in [0.2, 0.25) is 0 Å². The van der Waals surface area contributed by atoms with Crippen LogP contribution in [0.25, 0.3) is 17.4 Å². The van der Waals surface area contributed by atoms with E-state index < -0.39 is 20.6 Å².